The molecule has 4 heteroatoms. The van der Waals surface area contributed by atoms with Gasteiger partial charge in [0, 0.05) is 35.8 Å². The number of amides is 1. The molecular weight excluding hydrogens is 279 g/mol. The maximum absolute atomic E-state index is 13.2. The minimum Gasteiger partial charge on any atom is -0.348 e. The normalized spacial score (nSPS) is 10.9. The summed E-state index contributed by atoms with van der Waals surface area (Å²) in [4.78, 5) is 12.1. The van der Waals surface area contributed by atoms with Crippen LogP contribution in [-0.2, 0) is 13.6 Å². The number of halogens is 1. The molecular formula is C18H17FN2O. The third kappa shape index (κ3) is 2.48. The Labute approximate surface area is 128 Å². The zero-order valence-electron chi connectivity index (χ0n) is 12.6. The zero-order valence-corrected chi connectivity index (χ0v) is 12.6. The van der Waals surface area contributed by atoms with Crippen molar-refractivity contribution in [3.05, 3.63) is 71.2 Å². The number of benzene rings is 2. The first-order valence-electron chi connectivity index (χ1n) is 7.14. The van der Waals surface area contributed by atoms with Gasteiger partial charge >= 0.3 is 0 Å². The lowest BCUT2D eigenvalue weighted by Gasteiger charge is -2.06. The second-order valence-electron chi connectivity index (χ2n) is 5.33. The lowest BCUT2D eigenvalue weighted by molar-refractivity contribution is 0.0950. The summed E-state index contributed by atoms with van der Waals surface area (Å²) in [7, 11) is 2.01. The van der Waals surface area contributed by atoms with Gasteiger partial charge < -0.3 is 9.88 Å². The van der Waals surface area contributed by atoms with Crippen molar-refractivity contribution >= 4 is 16.8 Å². The van der Waals surface area contributed by atoms with Gasteiger partial charge in [-0.05, 0) is 36.8 Å². The van der Waals surface area contributed by atoms with Crippen LogP contribution in [0.4, 0.5) is 4.39 Å². The number of nitrogens with zero attached hydrogens (tertiary/aromatic N) is 1. The van der Waals surface area contributed by atoms with E-state index in [0.29, 0.717) is 12.1 Å². The number of hydrogen-bond acceptors (Lipinski definition) is 1. The second kappa shape index (κ2) is 5.64. The Morgan fingerprint density at radius 2 is 1.95 bits per heavy atom. The molecule has 0 atom stereocenters. The number of hydrogen-bond donors (Lipinski definition) is 1. The molecule has 0 aliphatic carbocycles. The van der Waals surface area contributed by atoms with E-state index in [1.807, 2.05) is 32.2 Å². The third-order valence-corrected chi connectivity index (χ3v) is 4.04. The van der Waals surface area contributed by atoms with Gasteiger partial charge in [0.2, 0.25) is 0 Å². The molecule has 112 valence electrons. The van der Waals surface area contributed by atoms with Gasteiger partial charge in [0.25, 0.3) is 5.91 Å². The van der Waals surface area contributed by atoms with Crippen LogP contribution in [0.2, 0.25) is 0 Å². The van der Waals surface area contributed by atoms with Crippen molar-refractivity contribution in [2.45, 2.75) is 13.5 Å². The molecule has 0 radical (unpaired) electrons. The molecule has 0 saturated carbocycles. The quantitative estimate of drug-likeness (QED) is 0.788. The molecule has 2 aromatic carbocycles. The van der Waals surface area contributed by atoms with Crippen molar-refractivity contribution in [1.82, 2.24) is 9.88 Å². The minimum atomic E-state index is -0.408. The average molecular weight is 296 g/mol. The van der Waals surface area contributed by atoms with Crippen molar-refractivity contribution in [2.75, 3.05) is 0 Å². The van der Waals surface area contributed by atoms with E-state index in [0.717, 1.165) is 22.2 Å². The number of rotatable bonds is 3. The molecule has 0 aliphatic rings. The Kier molecular flexibility index (Phi) is 3.67. The molecule has 0 spiro atoms. The fourth-order valence-electron chi connectivity index (χ4n) is 2.72. The lowest BCUT2D eigenvalue weighted by atomic mass is 10.1. The number of nitrogens with one attached hydrogen (secondary N) is 1. The number of para-hydroxylation sites is 1. The molecule has 0 bridgehead atoms. The highest BCUT2D eigenvalue weighted by atomic mass is 19.1. The predicted octanol–water partition coefficient (Wildman–Crippen LogP) is 3.56. The first-order valence-corrected chi connectivity index (χ1v) is 7.14. The van der Waals surface area contributed by atoms with E-state index in [1.54, 1.807) is 6.07 Å². The van der Waals surface area contributed by atoms with Gasteiger partial charge in [-0.1, -0.05) is 24.3 Å². The van der Waals surface area contributed by atoms with Crippen molar-refractivity contribution in [3.8, 4) is 0 Å². The van der Waals surface area contributed by atoms with Crippen LogP contribution in [0.1, 0.15) is 21.6 Å². The number of aryl methyl sites for hydroxylation is 1. The van der Waals surface area contributed by atoms with Crippen molar-refractivity contribution in [1.29, 1.82) is 0 Å². The van der Waals surface area contributed by atoms with Gasteiger partial charge in [-0.3, -0.25) is 4.79 Å². The Balaban J connectivity index is 1.85. The molecule has 0 saturated heterocycles. The van der Waals surface area contributed by atoms with E-state index in [4.69, 9.17) is 0 Å². The highest BCUT2D eigenvalue weighted by Crippen LogP contribution is 2.24. The molecule has 1 amide bonds. The van der Waals surface area contributed by atoms with Gasteiger partial charge in [-0.2, -0.15) is 0 Å². The van der Waals surface area contributed by atoms with E-state index >= 15 is 0 Å². The highest BCUT2D eigenvalue weighted by molar-refractivity contribution is 5.94. The smallest absolute Gasteiger partial charge is 0.251 e. The van der Waals surface area contributed by atoms with Crippen molar-refractivity contribution in [2.24, 2.45) is 7.05 Å². The molecule has 0 unspecified atom stereocenters. The van der Waals surface area contributed by atoms with Gasteiger partial charge in [0.15, 0.2) is 0 Å². The van der Waals surface area contributed by atoms with Crippen LogP contribution in [0.5, 0.6) is 0 Å². The van der Waals surface area contributed by atoms with Gasteiger partial charge in [-0.15, -0.1) is 0 Å². The molecule has 1 N–H and O–H groups in total. The fraction of sp³-hybridized carbons (Fsp3) is 0.167. The van der Waals surface area contributed by atoms with Crippen LogP contribution in [0.25, 0.3) is 10.9 Å². The van der Waals surface area contributed by atoms with Crippen LogP contribution in [0.15, 0.2) is 48.5 Å². The summed E-state index contributed by atoms with van der Waals surface area (Å²) >= 11 is 0. The largest absolute Gasteiger partial charge is 0.348 e. The molecule has 3 nitrogen and oxygen atoms in total. The van der Waals surface area contributed by atoms with Crippen LogP contribution in [-0.4, -0.2) is 10.5 Å². The zero-order chi connectivity index (χ0) is 15.7. The van der Waals surface area contributed by atoms with E-state index in [1.165, 1.54) is 18.2 Å². The van der Waals surface area contributed by atoms with Crippen LogP contribution >= 0.6 is 0 Å². The first kappa shape index (κ1) is 14.3. The summed E-state index contributed by atoms with van der Waals surface area (Å²) < 4.78 is 15.3. The summed E-state index contributed by atoms with van der Waals surface area (Å²) in [6.45, 7) is 2.45. The first-order chi connectivity index (χ1) is 10.6. The SMILES string of the molecule is Cc1c(CNC(=O)c2cccc(F)c2)c2ccccc2n1C. The van der Waals surface area contributed by atoms with Crippen molar-refractivity contribution < 1.29 is 9.18 Å². The summed E-state index contributed by atoms with van der Waals surface area (Å²) in [6.07, 6.45) is 0. The minimum absolute atomic E-state index is 0.271. The maximum atomic E-state index is 13.2. The monoisotopic (exact) mass is 296 g/mol. The Morgan fingerprint density at radius 3 is 2.73 bits per heavy atom. The maximum Gasteiger partial charge on any atom is 0.251 e. The number of fused-ring (bicyclic) bond motifs is 1. The molecule has 1 heterocycles. The molecule has 3 aromatic rings. The van der Waals surface area contributed by atoms with Crippen LogP contribution in [0, 0.1) is 12.7 Å². The van der Waals surface area contributed by atoms with Crippen LogP contribution in [0.3, 0.4) is 0 Å². The third-order valence-electron chi connectivity index (χ3n) is 4.04. The lowest BCUT2D eigenvalue weighted by Crippen LogP contribution is -2.23. The summed E-state index contributed by atoms with van der Waals surface area (Å²) in [5, 5.41) is 4.00. The molecule has 0 fully saturated rings. The van der Waals surface area contributed by atoms with Crippen LogP contribution < -0.4 is 5.32 Å². The Hall–Kier alpha value is -2.62. The van der Waals surface area contributed by atoms with E-state index in [2.05, 4.69) is 16.0 Å². The predicted molar refractivity (Wildman–Crippen MR) is 85.2 cm³/mol. The van der Waals surface area contributed by atoms with E-state index in [-0.39, 0.29) is 5.91 Å². The average Bonchev–Trinajstić information content (AvgIpc) is 2.77. The number of carbonyl (C=O) groups is 1. The molecule has 3 rings (SSSR count). The Bertz CT molecular complexity index is 851. The summed E-state index contributed by atoms with van der Waals surface area (Å²) in [5.41, 5.74) is 3.66. The standard InChI is InChI=1S/C18H17FN2O/c1-12-16(15-8-3-4-9-17(15)21(12)2)11-20-18(22)13-6-5-7-14(19)10-13/h3-10H,11H2,1-2H3,(H,20,22). The summed E-state index contributed by atoms with van der Waals surface area (Å²) in [5.74, 6) is -0.680. The highest BCUT2D eigenvalue weighted by Gasteiger charge is 2.13. The van der Waals surface area contributed by atoms with Crippen molar-refractivity contribution in [3.63, 3.8) is 0 Å². The molecule has 22 heavy (non-hydrogen) atoms. The summed E-state index contributed by atoms with van der Waals surface area (Å²) in [6, 6.07) is 13.8. The van der Waals surface area contributed by atoms with Gasteiger partial charge in [-0.25, -0.2) is 4.39 Å². The van der Waals surface area contributed by atoms with Gasteiger partial charge in [0.05, 0.1) is 0 Å². The fourth-order valence-corrected chi connectivity index (χ4v) is 2.72. The molecule has 1 aromatic heterocycles. The number of aromatic nitrogens is 1. The topological polar surface area (TPSA) is 34.0 Å². The second-order valence-corrected chi connectivity index (χ2v) is 5.33. The Morgan fingerprint density at radius 1 is 1.18 bits per heavy atom. The molecule has 0 aliphatic heterocycles. The van der Waals surface area contributed by atoms with Gasteiger partial charge in [0.1, 0.15) is 5.82 Å². The van der Waals surface area contributed by atoms with E-state index < -0.39 is 5.82 Å². The number of carbonyl (C=O) groups excluding carboxylic acids is 1. The van der Waals surface area contributed by atoms with E-state index in [9.17, 15) is 9.18 Å².